The molecule has 5 heteroatoms. The van der Waals surface area contributed by atoms with Crippen LogP contribution in [0.2, 0.25) is 0 Å². The second-order valence-corrected chi connectivity index (χ2v) is 7.73. The maximum Gasteiger partial charge on any atom is 0.264 e. The molecule has 0 saturated heterocycles. The van der Waals surface area contributed by atoms with E-state index in [9.17, 15) is 12.8 Å². The van der Waals surface area contributed by atoms with Crippen LogP contribution < -0.4 is 4.31 Å². The molecule has 0 spiro atoms. The third-order valence-electron chi connectivity index (χ3n) is 3.83. The molecule has 0 atom stereocenters. The fraction of sp³-hybridized carbons (Fsp3) is 0.250. The lowest BCUT2D eigenvalue weighted by atomic mass is 9.87. The first-order valence-electron chi connectivity index (χ1n) is 6.70. The van der Waals surface area contributed by atoms with Gasteiger partial charge in [-0.2, -0.15) is 0 Å². The Morgan fingerprint density at radius 1 is 1.10 bits per heavy atom. The van der Waals surface area contributed by atoms with E-state index in [0.29, 0.717) is 12.2 Å². The maximum atomic E-state index is 13.5. The number of sulfonamides is 1. The van der Waals surface area contributed by atoms with Crippen LogP contribution in [0.4, 0.5) is 10.1 Å². The molecule has 0 fully saturated rings. The molecule has 0 aliphatic carbocycles. The summed E-state index contributed by atoms with van der Waals surface area (Å²) in [5.74, 6) is -0.346. The van der Waals surface area contributed by atoms with Crippen molar-refractivity contribution in [3.63, 3.8) is 0 Å². The summed E-state index contributed by atoms with van der Waals surface area (Å²) in [5.41, 5.74) is 0.867. The van der Waals surface area contributed by atoms with Crippen LogP contribution in [0.15, 0.2) is 53.4 Å². The van der Waals surface area contributed by atoms with Gasteiger partial charge in [0.25, 0.3) is 10.0 Å². The van der Waals surface area contributed by atoms with Gasteiger partial charge < -0.3 is 0 Å². The van der Waals surface area contributed by atoms with E-state index in [1.807, 2.05) is 13.8 Å². The first-order valence-corrected chi connectivity index (χ1v) is 8.14. The van der Waals surface area contributed by atoms with Crippen molar-refractivity contribution in [3.8, 4) is 0 Å². The minimum atomic E-state index is -3.63. The summed E-state index contributed by atoms with van der Waals surface area (Å²) in [7, 11) is -3.63. The summed E-state index contributed by atoms with van der Waals surface area (Å²) in [5, 5.41) is 0. The van der Waals surface area contributed by atoms with Crippen LogP contribution in [0.1, 0.15) is 19.4 Å². The number of hydrogen-bond acceptors (Lipinski definition) is 2. The van der Waals surface area contributed by atoms with E-state index >= 15 is 0 Å². The molecule has 3 nitrogen and oxygen atoms in total. The number of benzene rings is 2. The summed E-state index contributed by atoms with van der Waals surface area (Å²) in [6, 6.07) is 12.6. The van der Waals surface area contributed by atoms with Gasteiger partial charge in [-0.25, -0.2) is 12.8 Å². The molecule has 1 aliphatic rings. The van der Waals surface area contributed by atoms with Crippen molar-refractivity contribution in [2.45, 2.75) is 24.2 Å². The average Bonchev–Trinajstić information content (AvgIpc) is 2.72. The minimum absolute atomic E-state index is 0.248. The minimum Gasteiger partial charge on any atom is -0.265 e. The number of fused-ring (bicyclic) bond motifs is 1. The second-order valence-electron chi connectivity index (χ2n) is 5.87. The van der Waals surface area contributed by atoms with Crippen LogP contribution in [0.3, 0.4) is 0 Å². The van der Waals surface area contributed by atoms with E-state index < -0.39 is 15.4 Å². The lowest BCUT2D eigenvalue weighted by Gasteiger charge is -2.22. The fourth-order valence-corrected chi connectivity index (χ4v) is 4.40. The smallest absolute Gasteiger partial charge is 0.264 e. The van der Waals surface area contributed by atoms with Gasteiger partial charge >= 0.3 is 0 Å². The number of hydrogen-bond donors (Lipinski definition) is 0. The van der Waals surface area contributed by atoms with E-state index in [2.05, 4.69) is 0 Å². The van der Waals surface area contributed by atoms with Gasteiger partial charge in [-0.15, -0.1) is 0 Å². The predicted molar refractivity (Wildman–Crippen MR) is 80.4 cm³/mol. The Morgan fingerprint density at radius 2 is 1.76 bits per heavy atom. The number of halogens is 1. The molecule has 1 aliphatic heterocycles. The Balaban J connectivity index is 2.15. The molecule has 0 amide bonds. The SMILES string of the molecule is CC1(C)CN(S(=O)(=O)c2ccccc2)c2ccc(F)cc21. The highest BCUT2D eigenvalue weighted by atomic mass is 32.2. The first-order chi connectivity index (χ1) is 9.82. The molecule has 2 aromatic rings. The molecule has 0 aromatic heterocycles. The van der Waals surface area contributed by atoms with Crippen molar-refractivity contribution >= 4 is 15.7 Å². The van der Waals surface area contributed by atoms with Crippen molar-refractivity contribution in [3.05, 3.63) is 59.9 Å². The van der Waals surface area contributed by atoms with Crippen LogP contribution in [-0.4, -0.2) is 15.0 Å². The van der Waals surface area contributed by atoms with Gasteiger partial charge in [0.1, 0.15) is 5.82 Å². The molecule has 0 saturated carbocycles. The fourth-order valence-electron chi connectivity index (χ4n) is 2.73. The number of anilines is 1. The maximum absolute atomic E-state index is 13.5. The molecular formula is C16H16FNO2S. The normalized spacial score (nSPS) is 16.8. The second kappa shape index (κ2) is 4.56. The molecule has 3 rings (SSSR count). The van der Waals surface area contributed by atoms with E-state index in [1.54, 1.807) is 36.4 Å². The Kier molecular flexibility index (Phi) is 3.06. The lowest BCUT2D eigenvalue weighted by Crippen LogP contribution is -2.33. The predicted octanol–water partition coefficient (Wildman–Crippen LogP) is 3.31. The monoisotopic (exact) mass is 305 g/mol. The van der Waals surface area contributed by atoms with Crippen molar-refractivity contribution in [2.24, 2.45) is 0 Å². The van der Waals surface area contributed by atoms with Gasteiger partial charge in [-0.05, 0) is 35.9 Å². The summed E-state index contributed by atoms with van der Waals surface area (Å²) < 4.78 is 40.5. The largest absolute Gasteiger partial charge is 0.265 e. The molecule has 0 unspecified atom stereocenters. The van der Waals surface area contributed by atoms with Crippen LogP contribution in [0.25, 0.3) is 0 Å². The quantitative estimate of drug-likeness (QED) is 0.853. The van der Waals surface area contributed by atoms with Gasteiger partial charge in [0, 0.05) is 12.0 Å². The summed E-state index contributed by atoms with van der Waals surface area (Å²) >= 11 is 0. The molecule has 0 bridgehead atoms. The molecular weight excluding hydrogens is 289 g/mol. The Morgan fingerprint density at radius 3 is 2.43 bits per heavy atom. The summed E-state index contributed by atoms with van der Waals surface area (Å²) in [6.45, 7) is 4.15. The molecule has 0 N–H and O–H groups in total. The number of rotatable bonds is 2. The molecule has 0 radical (unpaired) electrons. The van der Waals surface area contributed by atoms with Crippen molar-refractivity contribution in [1.82, 2.24) is 0 Å². The van der Waals surface area contributed by atoms with E-state index in [0.717, 1.165) is 5.56 Å². The van der Waals surface area contributed by atoms with Crippen LogP contribution >= 0.6 is 0 Å². The standard InChI is InChI=1S/C16H16FNO2S/c1-16(2)11-18(15-9-8-12(17)10-14(15)16)21(19,20)13-6-4-3-5-7-13/h3-10H,11H2,1-2H3. The van der Waals surface area contributed by atoms with Gasteiger partial charge in [0.2, 0.25) is 0 Å². The van der Waals surface area contributed by atoms with Crippen molar-refractivity contribution < 1.29 is 12.8 Å². The Labute approximate surface area is 124 Å². The Bertz CT molecular complexity index is 785. The summed E-state index contributed by atoms with van der Waals surface area (Å²) in [4.78, 5) is 0.248. The van der Waals surface area contributed by atoms with E-state index in [1.165, 1.54) is 16.4 Å². The molecule has 1 heterocycles. The summed E-state index contributed by atoms with van der Waals surface area (Å²) in [6.07, 6.45) is 0. The van der Waals surface area contributed by atoms with E-state index in [4.69, 9.17) is 0 Å². The Hall–Kier alpha value is -1.88. The molecule has 2 aromatic carbocycles. The van der Waals surface area contributed by atoms with Gasteiger partial charge in [0.05, 0.1) is 10.6 Å². The lowest BCUT2D eigenvalue weighted by molar-refractivity contribution is 0.550. The zero-order chi connectivity index (χ0) is 15.3. The molecule has 110 valence electrons. The van der Waals surface area contributed by atoms with Crippen LogP contribution in [0.5, 0.6) is 0 Å². The average molecular weight is 305 g/mol. The zero-order valence-electron chi connectivity index (χ0n) is 11.9. The van der Waals surface area contributed by atoms with Gasteiger partial charge in [-0.1, -0.05) is 32.0 Å². The third-order valence-corrected chi connectivity index (χ3v) is 5.60. The number of nitrogens with zero attached hydrogens (tertiary/aromatic N) is 1. The van der Waals surface area contributed by atoms with Crippen LogP contribution in [0, 0.1) is 5.82 Å². The van der Waals surface area contributed by atoms with Crippen molar-refractivity contribution in [2.75, 3.05) is 10.8 Å². The van der Waals surface area contributed by atoms with Crippen molar-refractivity contribution in [1.29, 1.82) is 0 Å². The van der Waals surface area contributed by atoms with E-state index in [-0.39, 0.29) is 10.7 Å². The molecule has 21 heavy (non-hydrogen) atoms. The highest BCUT2D eigenvalue weighted by Gasteiger charge is 2.41. The first kappa shape index (κ1) is 14.1. The zero-order valence-corrected chi connectivity index (χ0v) is 12.7. The highest BCUT2D eigenvalue weighted by Crippen LogP contribution is 2.43. The van der Waals surface area contributed by atoms with Gasteiger partial charge in [-0.3, -0.25) is 4.31 Å². The van der Waals surface area contributed by atoms with Crippen LogP contribution in [-0.2, 0) is 15.4 Å². The van der Waals surface area contributed by atoms with Gasteiger partial charge in [0.15, 0.2) is 0 Å². The topological polar surface area (TPSA) is 37.4 Å². The highest BCUT2D eigenvalue weighted by molar-refractivity contribution is 7.92. The third kappa shape index (κ3) is 2.21.